The molecule has 110 valence electrons. The molecular formula is C15H12BrClO4. The van der Waals surface area contributed by atoms with E-state index in [4.69, 9.17) is 26.2 Å². The molecule has 2 aromatic carbocycles. The van der Waals surface area contributed by atoms with E-state index in [-0.39, 0.29) is 12.2 Å². The van der Waals surface area contributed by atoms with Crippen molar-refractivity contribution in [3.05, 3.63) is 57.0 Å². The third-order valence-corrected chi connectivity index (χ3v) is 3.66. The highest BCUT2D eigenvalue weighted by molar-refractivity contribution is 9.10. The van der Waals surface area contributed by atoms with E-state index in [2.05, 4.69) is 15.9 Å². The van der Waals surface area contributed by atoms with Gasteiger partial charge >= 0.3 is 5.97 Å². The molecule has 0 aliphatic carbocycles. The second kappa shape index (κ2) is 6.83. The van der Waals surface area contributed by atoms with Crippen molar-refractivity contribution >= 4 is 33.5 Å². The zero-order valence-electron chi connectivity index (χ0n) is 11.1. The van der Waals surface area contributed by atoms with E-state index in [1.807, 2.05) is 0 Å². The normalized spacial score (nSPS) is 10.2. The summed E-state index contributed by atoms with van der Waals surface area (Å²) in [5.41, 5.74) is 0.994. The Bertz CT molecular complexity index is 673. The Morgan fingerprint density at radius 3 is 2.57 bits per heavy atom. The van der Waals surface area contributed by atoms with Gasteiger partial charge < -0.3 is 14.6 Å². The molecule has 0 fully saturated rings. The molecule has 1 N–H and O–H groups in total. The Morgan fingerprint density at radius 2 is 1.95 bits per heavy atom. The summed E-state index contributed by atoms with van der Waals surface area (Å²) in [4.78, 5) is 10.9. The summed E-state index contributed by atoms with van der Waals surface area (Å²) < 4.78 is 11.5. The molecule has 0 aliphatic heterocycles. The molecule has 21 heavy (non-hydrogen) atoms. The molecule has 0 aliphatic rings. The molecule has 0 saturated carbocycles. The summed E-state index contributed by atoms with van der Waals surface area (Å²) in [5, 5.41) is 9.51. The van der Waals surface area contributed by atoms with Gasteiger partial charge in [0.05, 0.1) is 17.1 Å². The number of benzene rings is 2. The van der Waals surface area contributed by atoms with Crippen molar-refractivity contribution in [2.75, 3.05) is 7.11 Å². The zero-order chi connectivity index (χ0) is 15.4. The van der Waals surface area contributed by atoms with E-state index < -0.39 is 5.97 Å². The molecule has 0 heterocycles. The van der Waals surface area contributed by atoms with Gasteiger partial charge in [-0.1, -0.05) is 11.6 Å². The summed E-state index contributed by atoms with van der Waals surface area (Å²) in [7, 11) is 1.57. The molecule has 4 nitrogen and oxygen atoms in total. The second-order valence-electron chi connectivity index (χ2n) is 4.20. The molecule has 0 amide bonds. The molecule has 0 aromatic heterocycles. The highest BCUT2D eigenvalue weighted by Gasteiger charge is 2.09. The molecule has 0 radical (unpaired) electrons. The van der Waals surface area contributed by atoms with Crippen LogP contribution in [0.1, 0.15) is 15.9 Å². The van der Waals surface area contributed by atoms with Crippen molar-refractivity contribution in [3.63, 3.8) is 0 Å². The topological polar surface area (TPSA) is 55.8 Å². The Hall–Kier alpha value is -1.72. The quantitative estimate of drug-likeness (QED) is 0.847. The van der Waals surface area contributed by atoms with Crippen LogP contribution in [0.15, 0.2) is 40.9 Å². The number of halogens is 2. The van der Waals surface area contributed by atoms with E-state index in [0.717, 1.165) is 5.56 Å². The summed E-state index contributed by atoms with van der Waals surface area (Å²) in [6, 6.07) is 9.85. The summed E-state index contributed by atoms with van der Waals surface area (Å²) >= 11 is 9.25. The first kappa shape index (κ1) is 15.7. The van der Waals surface area contributed by atoms with Gasteiger partial charge in [0, 0.05) is 10.6 Å². The van der Waals surface area contributed by atoms with Crippen LogP contribution in [0, 0.1) is 0 Å². The third kappa shape index (κ3) is 3.89. The lowest BCUT2D eigenvalue weighted by Crippen LogP contribution is -2.01. The average molecular weight is 372 g/mol. The van der Waals surface area contributed by atoms with Crippen LogP contribution in [-0.2, 0) is 6.61 Å². The van der Waals surface area contributed by atoms with Crippen molar-refractivity contribution < 1.29 is 19.4 Å². The lowest BCUT2D eigenvalue weighted by atomic mass is 10.2. The smallest absolute Gasteiger partial charge is 0.335 e. The number of carboxylic acids is 1. The Kier molecular flexibility index (Phi) is 5.09. The number of carboxylic acid groups (broad SMARTS) is 1. The van der Waals surface area contributed by atoms with E-state index >= 15 is 0 Å². The minimum Gasteiger partial charge on any atom is -0.496 e. The molecule has 0 unspecified atom stereocenters. The monoisotopic (exact) mass is 370 g/mol. The molecule has 2 rings (SSSR count). The van der Waals surface area contributed by atoms with Crippen molar-refractivity contribution in [1.82, 2.24) is 0 Å². The minimum atomic E-state index is -0.987. The average Bonchev–Trinajstić information content (AvgIpc) is 2.46. The van der Waals surface area contributed by atoms with Crippen LogP contribution in [0.25, 0.3) is 0 Å². The molecule has 6 heteroatoms. The largest absolute Gasteiger partial charge is 0.496 e. The summed E-state index contributed by atoms with van der Waals surface area (Å²) in [5.74, 6) is 0.235. The van der Waals surface area contributed by atoms with E-state index in [0.29, 0.717) is 21.0 Å². The highest BCUT2D eigenvalue weighted by atomic mass is 79.9. The van der Waals surface area contributed by atoms with Gasteiger partial charge in [0.25, 0.3) is 0 Å². The van der Waals surface area contributed by atoms with Gasteiger partial charge in [-0.05, 0) is 52.3 Å². The fraction of sp³-hybridized carbons (Fsp3) is 0.133. The van der Waals surface area contributed by atoms with Crippen LogP contribution in [0.5, 0.6) is 11.5 Å². The molecule has 2 aromatic rings. The summed E-state index contributed by atoms with van der Waals surface area (Å²) in [6.45, 7) is 0.259. The standard InChI is InChI=1S/C15H12BrClO4/c1-20-13-5-3-11(17)6-10(13)8-21-14-4-2-9(15(18)19)7-12(14)16/h2-7H,8H2,1H3,(H,18,19). The Balaban J connectivity index is 2.17. The zero-order valence-corrected chi connectivity index (χ0v) is 13.4. The first-order valence-corrected chi connectivity index (χ1v) is 7.16. The van der Waals surface area contributed by atoms with Crippen molar-refractivity contribution in [3.8, 4) is 11.5 Å². The number of carbonyl (C=O) groups is 1. The maximum Gasteiger partial charge on any atom is 0.335 e. The van der Waals surface area contributed by atoms with Crippen molar-refractivity contribution in [1.29, 1.82) is 0 Å². The van der Waals surface area contributed by atoms with Crippen LogP contribution in [0.2, 0.25) is 5.02 Å². The van der Waals surface area contributed by atoms with Gasteiger partial charge in [-0.25, -0.2) is 4.79 Å². The van der Waals surface area contributed by atoms with Gasteiger partial charge in [-0.3, -0.25) is 0 Å². The first-order valence-electron chi connectivity index (χ1n) is 5.99. The maximum atomic E-state index is 10.9. The third-order valence-electron chi connectivity index (χ3n) is 2.80. The number of hydrogen-bond donors (Lipinski definition) is 1. The lowest BCUT2D eigenvalue weighted by molar-refractivity contribution is 0.0696. The SMILES string of the molecule is COc1ccc(Cl)cc1COc1ccc(C(=O)O)cc1Br. The van der Waals surface area contributed by atoms with Gasteiger partial charge in [0.1, 0.15) is 18.1 Å². The van der Waals surface area contributed by atoms with Crippen molar-refractivity contribution in [2.45, 2.75) is 6.61 Å². The predicted molar refractivity (Wildman–Crippen MR) is 83.4 cm³/mol. The fourth-order valence-electron chi connectivity index (χ4n) is 1.77. The second-order valence-corrected chi connectivity index (χ2v) is 5.49. The number of aromatic carboxylic acids is 1. The Morgan fingerprint density at radius 1 is 1.24 bits per heavy atom. The van der Waals surface area contributed by atoms with Crippen LogP contribution >= 0.6 is 27.5 Å². The number of hydrogen-bond acceptors (Lipinski definition) is 3. The van der Waals surface area contributed by atoms with Crippen LogP contribution in [-0.4, -0.2) is 18.2 Å². The number of rotatable bonds is 5. The van der Waals surface area contributed by atoms with E-state index in [1.165, 1.54) is 12.1 Å². The van der Waals surface area contributed by atoms with Gasteiger partial charge in [0.2, 0.25) is 0 Å². The number of ether oxygens (including phenoxy) is 2. The van der Waals surface area contributed by atoms with Crippen LogP contribution < -0.4 is 9.47 Å². The maximum absolute atomic E-state index is 10.9. The number of methoxy groups -OCH3 is 1. The minimum absolute atomic E-state index is 0.189. The van der Waals surface area contributed by atoms with Gasteiger partial charge in [0.15, 0.2) is 0 Å². The first-order chi connectivity index (χ1) is 10.0. The highest BCUT2D eigenvalue weighted by Crippen LogP contribution is 2.29. The molecule has 0 bridgehead atoms. The lowest BCUT2D eigenvalue weighted by Gasteiger charge is -2.12. The Labute approximate surface area is 135 Å². The molecule has 0 atom stereocenters. The predicted octanol–water partition coefficient (Wildman–Crippen LogP) is 4.39. The van der Waals surface area contributed by atoms with Gasteiger partial charge in [-0.15, -0.1) is 0 Å². The van der Waals surface area contributed by atoms with Crippen LogP contribution in [0.3, 0.4) is 0 Å². The van der Waals surface area contributed by atoms with E-state index in [9.17, 15) is 4.79 Å². The summed E-state index contributed by atoms with van der Waals surface area (Å²) in [6.07, 6.45) is 0. The molecular weight excluding hydrogens is 360 g/mol. The molecule has 0 spiro atoms. The van der Waals surface area contributed by atoms with E-state index in [1.54, 1.807) is 31.4 Å². The molecule has 0 saturated heterocycles. The fourth-order valence-corrected chi connectivity index (χ4v) is 2.45. The van der Waals surface area contributed by atoms with Gasteiger partial charge in [-0.2, -0.15) is 0 Å². The van der Waals surface area contributed by atoms with Crippen LogP contribution in [0.4, 0.5) is 0 Å². The van der Waals surface area contributed by atoms with Crippen molar-refractivity contribution in [2.24, 2.45) is 0 Å².